The van der Waals surface area contributed by atoms with Crippen LogP contribution in [0.25, 0.3) is 11.1 Å². The molecule has 6 rings (SSSR count). The lowest BCUT2D eigenvalue weighted by atomic mass is 9.89. The van der Waals surface area contributed by atoms with E-state index in [9.17, 15) is 20.0 Å². The van der Waals surface area contributed by atoms with E-state index in [2.05, 4.69) is 28.6 Å². The SMILES string of the molecule is C=CCOC(=O)NCc1ccccc1-c1ccc([C@H]2O[C@@H](CN3CCN(c4ccc([N+](=O)[O-])cc4)CC3)[C@@H](C)[C@@H](c3ccc(CO)cc3)O2)cc1. The fourth-order valence-corrected chi connectivity index (χ4v) is 6.69. The minimum atomic E-state index is -0.597. The molecule has 2 N–H and O–H groups in total. The summed E-state index contributed by atoms with van der Waals surface area (Å²) in [6, 6.07) is 30.7. The van der Waals surface area contributed by atoms with Crippen LogP contribution in [0.2, 0.25) is 0 Å². The molecule has 0 aliphatic carbocycles. The summed E-state index contributed by atoms with van der Waals surface area (Å²) in [5.74, 6) is 0.0470. The van der Waals surface area contributed by atoms with Crippen molar-refractivity contribution in [3.8, 4) is 11.1 Å². The molecule has 4 aromatic rings. The fourth-order valence-electron chi connectivity index (χ4n) is 6.69. The molecule has 11 nitrogen and oxygen atoms in total. The Labute approximate surface area is 298 Å². The highest BCUT2D eigenvalue weighted by Gasteiger charge is 2.39. The van der Waals surface area contributed by atoms with Crippen LogP contribution in [-0.2, 0) is 27.4 Å². The quantitative estimate of drug-likeness (QED) is 0.0939. The average molecular weight is 693 g/mol. The molecule has 2 aliphatic rings. The Hall–Kier alpha value is -5.07. The van der Waals surface area contributed by atoms with Gasteiger partial charge in [-0.3, -0.25) is 15.0 Å². The van der Waals surface area contributed by atoms with Crippen molar-refractivity contribution >= 4 is 17.5 Å². The number of nitro benzene ring substituents is 1. The van der Waals surface area contributed by atoms with Crippen LogP contribution in [0.15, 0.2) is 110 Å². The fraction of sp³-hybridized carbons (Fsp3) is 0.325. The highest BCUT2D eigenvalue weighted by Crippen LogP contribution is 2.42. The molecule has 0 spiro atoms. The zero-order valence-electron chi connectivity index (χ0n) is 28.7. The first-order chi connectivity index (χ1) is 24.8. The zero-order chi connectivity index (χ0) is 35.7. The van der Waals surface area contributed by atoms with Gasteiger partial charge in [0.25, 0.3) is 5.69 Å². The van der Waals surface area contributed by atoms with E-state index in [0.717, 1.165) is 71.8 Å². The smallest absolute Gasteiger partial charge is 0.407 e. The third-order valence-electron chi connectivity index (χ3n) is 9.63. The number of ether oxygens (including phenoxy) is 3. The van der Waals surface area contributed by atoms with Crippen LogP contribution in [0.4, 0.5) is 16.2 Å². The molecular formula is C40H44N4O7. The van der Waals surface area contributed by atoms with Gasteiger partial charge in [-0.15, -0.1) is 0 Å². The second-order valence-electron chi connectivity index (χ2n) is 12.9. The van der Waals surface area contributed by atoms with E-state index in [-0.39, 0.29) is 42.0 Å². The molecule has 0 aromatic heterocycles. The molecule has 2 heterocycles. The number of piperazine rings is 1. The molecule has 2 saturated heterocycles. The van der Waals surface area contributed by atoms with Crippen molar-refractivity contribution in [3.63, 3.8) is 0 Å². The Morgan fingerprint density at radius 1 is 0.961 bits per heavy atom. The van der Waals surface area contributed by atoms with Gasteiger partial charge in [0.05, 0.1) is 23.7 Å². The van der Waals surface area contributed by atoms with Gasteiger partial charge >= 0.3 is 6.09 Å². The van der Waals surface area contributed by atoms with Gasteiger partial charge in [0.1, 0.15) is 6.61 Å². The number of nitro groups is 1. The number of alkyl carbamates (subject to hydrolysis) is 1. The maximum Gasteiger partial charge on any atom is 0.407 e. The van der Waals surface area contributed by atoms with E-state index in [1.165, 1.54) is 6.08 Å². The Balaban J connectivity index is 1.17. The van der Waals surface area contributed by atoms with E-state index in [4.69, 9.17) is 14.2 Å². The maximum absolute atomic E-state index is 12.0. The van der Waals surface area contributed by atoms with Crippen molar-refractivity contribution in [3.05, 3.63) is 142 Å². The van der Waals surface area contributed by atoms with E-state index in [1.807, 2.05) is 84.9 Å². The lowest BCUT2D eigenvalue weighted by molar-refractivity contribution is -0.384. The summed E-state index contributed by atoms with van der Waals surface area (Å²) < 4.78 is 18.5. The highest BCUT2D eigenvalue weighted by atomic mass is 16.7. The van der Waals surface area contributed by atoms with E-state index in [0.29, 0.717) is 6.54 Å². The number of non-ortho nitro benzene ring substituents is 1. The van der Waals surface area contributed by atoms with E-state index < -0.39 is 12.4 Å². The first-order valence-corrected chi connectivity index (χ1v) is 17.2. The number of carbonyl (C=O) groups excluding carboxylic acids is 1. The second kappa shape index (κ2) is 16.8. The molecule has 4 atom stereocenters. The summed E-state index contributed by atoms with van der Waals surface area (Å²) in [6.45, 7) is 10.2. The topological polar surface area (TPSA) is 127 Å². The molecule has 11 heteroatoms. The first-order valence-electron chi connectivity index (χ1n) is 17.2. The van der Waals surface area contributed by atoms with Crippen LogP contribution in [0, 0.1) is 16.0 Å². The van der Waals surface area contributed by atoms with Crippen LogP contribution in [0.1, 0.15) is 41.6 Å². The Morgan fingerprint density at radius 2 is 1.65 bits per heavy atom. The van der Waals surface area contributed by atoms with Crippen molar-refractivity contribution in [1.82, 2.24) is 10.2 Å². The summed E-state index contributed by atoms with van der Waals surface area (Å²) in [4.78, 5) is 27.4. The monoisotopic (exact) mass is 692 g/mol. The van der Waals surface area contributed by atoms with Gasteiger partial charge < -0.3 is 29.5 Å². The van der Waals surface area contributed by atoms with Gasteiger partial charge in [0.2, 0.25) is 0 Å². The average Bonchev–Trinajstić information content (AvgIpc) is 3.17. The second-order valence-corrected chi connectivity index (χ2v) is 12.9. The Bertz CT molecular complexity index is 1770. The molecule has 266 valence electrons. The van der Waals surface area contributed by atoms with Gasteiger partial charge in [0, 0.05) is 68.6 Å². The number of benzene rings is 4. The molecule has 1 amide bonds. The van der Waals surface area contributed by atoms with Crippen molar-refractivity contribution in [2.24, 2.45) is 5.92 Å². The van der Waals surface area contributed by atoms with Crippen LogP contribution in [0.5, 0.6) is 0 Å². The maximum atomic E-state index is 12.0. The van der Waals surface area contributed by atoms with Gasteiger partial charge in [-0.2, -0.15) is 0 Å². The number of nitrogens with one attached hydrogen (secondary N) is 1. The van der Waals surface area contributed by atoms with Gasteiger partial charge in [-0.05, 0) is 39.9 Å². The molecule has 2 aliphatic heterocycles. The van der Waals surface area contributed by atoms with E-state index >= 15 is 0 Å². The van der Waals surface area contributed by atoms with Crippen molar-refractivity contribution in [2.75, 3.05) is 44.2 Å². The number of aliphatic hydroxyl groups excluding tert-OH is 1. The predicted molar refractivity (Wildman–Crippen MR) is 195 cm³/mol. The number of carbonyl (C=O) groups is 1. The summed E-state index contributed by atoms with van der Waals surface area (Å²) in [5, 5.41) is 23.5. The van der Waals surface area contributed by atoms with E-state index in [1.54, 1.807) is 12.1 Å². The summed E-state index contributed by atoms with van der Waals surface area (Å²) in [5.41, 5.74) is 6.81. The van der Waals surface area contributed by atoms with Crippen LogP contribution in [0.3, 0.4) is 0 Å². The third-order valence-corrected chi connectivity index (χ3v) is 9.63. The summed E-state index contributed by atoms with van der Waals surface area (Å²) in [7, 11) is 0. The van der Waals surface area contributed by atoms with Gasteiger partial charge in [-0.25, -0.2) is 4.79 Å². The van der Waals surface area contributed by atoms with Gasteiger partial charge in [0.15, 0.2) is 6.29 Å². The minimum Gasteiger partial charge on any atom is -0.445 e. The van der Waals surface area contributed by atoms with Crippen LogP contribution >= 0.6 is 0 Å². The number of hydrogen-bond acceptors (Lipinski definition) is 9. The molecule has 2 fully saturated rings. The first kappa shape index (κ1) is 35.7. The third kappa shape index (κ3) is 8.81. The Morgan fingerprint density at radius 3 is 2.31 bits per heavy atom. The number of rotatable bonds is 12. The Kier molecular flexibility index (Phi) is 11.7. The van der Waals surface area contributed by atoms with Crippen LogP contribution < -0.4 is 10.2 Å². The largest absolute Gasteiger partial charge is 0.445 e. The molecule has 0 saturated carbocycles. The number of nitrogens with zero attached hydrogens (tertiary/aromatic N) is 3. The lowest BCUT2D eigenvalue weighted by Gasteiger charge is -2.44. The van der Waals surface area contributed by atoms with Gasteiger partial charge in [-0.1, -0.05) is 92.4 Å². The summed E-state index contributed by atoms with van der Waals surface area (Å²) >= 11 is 0. The number of aliphatic hydroxyl groups is 1. The van der Waals surface area contributed by atoms with Crippen molar-refractivity contribution in [2.45, 2.75) is 38.6 Å². The normalized spacial score (nSPS) is 20.8. The van der Waals surface area contributed by atoms with Crippen molar-refractivity contribution in [1.29, 1.82) is 0 Å². The number of hydrogen-bond donors (Lipinski definition) is 2. The standard InChI is InChI=1S/C40H44N4O7/c1-3-24-49-40(46)41-25-33-6-4-5-7-36(33)30-12-14-32(15-13-30)39-50-37(28(2)38(51-39)31-10-8-29(27-45)9-11-31)26-42-20-22-43(23-21-42)34-16-18-35(19-17-34)44(47)48/h3-19,28,37-39,45H,1,20-27H2,2H3,(H,41,46)/t28-,37+,38+,39+/m1/s1. The van der Waals surface area contributed by atoms with Crippen LogP contribution in [-0.4, -0.2) is 66.5 Å². The molecule has 0 unspecified atom stereocenters. The molecule has 0 bridgehead atoms. The van der Waals surface area contributed by atoms with Crippen molar-refractivity contribution < 1.29 is 29.0 Å². The summed E-state index contributed by atoms with van der Waals surface area (Å²) in [6.07, 6.45) is 0.0856. The number of amides is 1. The highest BCUT2D eigenvalue weighted by molar-refractivity contribution is 5.70. The predicted octanol–water partition coefficient (Wildman–Crippen LogP) is 6.78. The molecule has 0 radical (unpaired) electrons. The molecular weight excluding hydrogens is 648 g/mol. The molecule has 4 aromatic carbocycles. The molecule has 51 heavy (non-hydrogen) atoms. The lowest BCUT2D eigenvalue weighted by Crippen LogP contribution is -2.51. The minimum absolute atomic E-state index is 0.0213. The number of anilines is 1. The zero-order valence-corrected chi connectivity index (χ0v) is 28.7.